The molecule has 1 rings (SSSR count). The fourth-order valence-electron chi connectivity index (χ4n) is 1.57. The van der Waals surface area contributed by atoms with Gasteiger partial charge in [0.2, 0.25) is 0 Å². The molecule has 0 radical (unpaired) electrons. The summed E-state index contributed by atoms with van der Waals surface area (Å²) < 4.78 is 0. The van der Waals surface area contributed by atoms with Gasteiger partial charge in [0.15, 0.2) is 0 Å². The number of nitro groups is 1. The Morgan fingerprint density at radius 1 is 1.35 bits per heavy atom. The molecule has 1 unspecified atom stereocenters. The maximum absolute atomic E-state index is 10.9. The number of rotatable bonds is 3. The van der Waals surface area contributed by atoms with Crippen LogP contribution in [0.2, 0.25) is 0 Å². The van der Waals surface area contributed by atoms with Crippen LogP contribution < -0.4 is 0 Å². The van der Waals surface area contributed by atoms with E-state index in [4.69, 9.17) is 0 Å². The van der Waals surface area contributed by atoms with Crippen molar-refractivity contribution in [2.75, 3.05) is 0 Å². The van der Waals surface area contributed by atoms with Crippen molar-refractivity contribution in [3.63, 3.8) is 0 Å². The molecule has 3 nitrogen and oxygen atoms in total. The Balaban J connectivity index is 3.38. The third-order valence-corrected chi connectivity index (χ3v) is 2.90. The number of hydrogen-bond donors (Lipinski definition) is 0. The van der Waals surface area contributed by atoms with Crippen LogP contribution in [0.4, 0.5) is 5.69 Å². The number of nitrogens with zero attached hydrogens (tertiary/aromatic N) is 1. The number of allylic oxidation sites excluding steroid dienone is 1. The smallest absolute Gasteiger partial charge is 0.258 e. The highest BCUT2D eigenvalue weighted by Gasteiger charge is 2.19. The lowest BCUT2D eigenvalue weighted by Crippen LogP contribution is -2.12. The van der Waals surface area contributed by atoms with Gasteiger partial charge in [0, 0.05) is 12.1 Å². The second-order valence-corrected chi connectivity index (χ2v) is 5.34. The van der Waals surface area contributed by atoms with E-state index < -0.39 is 0 Å². The van der Waals surface area contributed by atoms with Gasteiger partial charge in [-0.05, 0) is 22.5 Å². The fourth-order valence-corrected chi connectivity index (χ4v) is 1.57. The minimum atomic E-state index is -0.339. The maximum Gasteiger partial charge on any atom is 0.270 e. The summed E-state index contributed by atoms with van der Waals surface area (Å²) in [5.41, 5.74) is 1.98. The number of benzene rings is 1. The molecule has 0 aliphatic rings. The first-order valence-electron chi connectivity index (χ1n) is 5.68. The maximum atomic E-state index is 10.9. The van der Waals surface area contributed by atoms with Gasteiger partial charge in [0.25, 0.3) is 5.69 Å². The second kappa shape index (κ2) is 4.70. The van der Waals surface area contributed by atoms with Gasteiger partial charge < -0.3 is 0 Å². The van der Waals surface area contributed by atoms with Gasteiger partial charge in [0.1, 0.15) is 0 Å². The normalized spacial score (nSPS) is 13.2. The summed E-state index contributed by atoms with van der Waals surface area (Å²) in [7, 11) is 0. The standard InChI is InChI=1S/C14H19NO2/c1-6-10(2)11-7-12(14(3,4)5)9-13(8-11)15(16)17/h6-10H,1H2,2-5H3. The predicted molar refractivity (Wildman–Crippen MR) is 70.4 cm³/mol. The van der Waals surface area contributed by atoms with Gasteiger partial charge >= 0.3 is 0 Å². The zero-order valence-corrected chi connectivity index (χ0v) is 10.9. The first-order valence-corrected chi connectivity index (χ1v) is 5.68. The van der Waals surface area contributed by atoms with Crippen LogP contribution >= 0.6 is 0 Å². The van der Waals surface area contributed by atoms with Crippen molar-refractivity contribution in [3.05, 3.63) is 52.1 Å². The lowest BCUT2D eigenvalue weighted by atomic mass is 9.84. The van der Waals surface area contributed by atoms with Gasteiger partial charge in [-0.15, -0.1) is 6.58 Å². The minimum absolute atomic E-state index is 0.0956. The lowest BCUT2D eigenvalue weighted by Gasteiger charge is -2.20. The van der Waals surface area contributed by atoms with Gasteiger partial charge in [-0.3, -0.25) is 10.1 Å². The van der Waals surface area contributed by atoms with Crippen LogP contribution in [0.15, 0.2) is 30.9 Å². The summed E-state index contributed by atoms with van der Waals surface area (Å²) >= 11 is 0. The SMILES string of the molecule is C=CC(C)c1cc([N+](=O)[O-])cc(C(C)(C)C)c1. The fraction of sp³-hybridized carbons (Fsp3) is 0.429. The molecule has 92 valence electrons. The number of nitro benzene ring substituents is 1. The highest BCUT2D eigenvalue weighted by molar-refractivity contribution is 5.43. The molecular weight excluding hydrogens is 214 g/mol. The molecule has 0 aromatic heterocycles. The largest absolute Gasteiger partial charge is 0.270 e. The molecule has 3 heteroatoms. The Labute approximate surface area is 102 Å². The third kappa shape index (κ3) is 3.16. The average Bonchev–Trinajstić information content (AvgIpc) is 2.26. The summed E-state index contributed by atoms with van der Waals surface area (Å²) in [5.74, 6) is 0.121. The Morgan fingerprint density at radius 3 is 2.35 bits per heavy atom. The summed E-state index contributed by atoms with van der Waals surface area (Å²) in [4.78, 5) is 10.6. The second-order valence-electron chi connectivity index (χ2n) is 5.34. The average molecular weight is 233 g/mol. The molecule has 1 aromatic rings. The van der Waals surface area contributed by atoms with E-state index in [1.807, 2.05) is 13.0 Å². The zero-order valence-electron chi connectivity index (χ0n) is 10.9. The van der Waals surface area contributed by atoms with Crippen molar-refractivity contribution in [1.82, 2.24) is 0 Å². The molecule has 17 heavy (non-hydrogen) atoms. The van der Waals surface area contributed by atoms with Gasteiger partial charge in [-0.2, -0.15) is 0 Å². The van der Waals surface area contributed by atoms with Crippen LogP contribution in [0.3, 0.4) is 0 Å². The molecule has 1 atom stereocenters. The topological polar surface area (TPSA) is 43.1 Å². The van der Waals surface area contributed by atoms with E-state index in [-0.39, 0.29) is 21.9 Å². The predicted octanol–water partition coefficient (Wildman–Crippen LogP) is 4.18. The molecule has 1 aromatic carbocycles. The van der Waals surface area contributed by atoms with Crippen LogP contribution in [-0.4, -0.2) is 4.92 Å². The molecule has 0 heterocycles. The van der Waals surface area contributed by atoms with Crippen LogP contribution in [0.5, 0.6) is 0 Å². The Morgan fingerprint density at radius 2 is 1.94 bits per heavy atom. The summed E-state index contributed by atoms with van der Waals surface area (Å²) in [6.07, 6.45) is 1.80. The van der Waals surface area contributed by atoms with Crippen LogP contribution in [-0.2, 0) is 5.41 Å². The van der Waals surface area contributed by atoms with Gasteiger partial charge in [0.05, 0.1) is 4.92 Å². The Kier molecular flexibility index (Phi) is 3.71. The Hall–Kier alpha value is -1.64. The quantitative estimate of drug-likeness (QED) is 0.446. The van der Waals surface area contributed by atoms with Crippen LogP contribution in [0.1, 0.15) is 44.7 Å². The van der Waals surface area contributed by atoms with E-state index in [1.165, 1.54) is 0 Å². The summed E-state index contributed by atoms with van der Waals surface area (Å²) in [6.45, 7) is 11.9. The van der Waals surface area contributed by atoms with E-state index in [1.54, 1.807) is 18.2 Å². The van der Waals surface area contributed by atoms with E-state index >= 15 is 0 Å². The molecule has 0 spiro atoms. The molecule has 0 amide bonds. The first-order chi connectivity index (χ1) is 7.75. The summed E-state index contributed by atoms with van der Waals surface area (Å²) in [6, 6.07) is 5.31. The third-order valence-electron chi connectivity index (χ3n) is 2.90. The molecule has 0 bridgehead atoms. The Bertz CT molecular complexity index is 444. The van der Waals surface area contributed by atoms with E-state index in [0.29, 0.717) is 0 Å². The molecule has 0 aliphatic heterocycles. The first kappa shape index (κ1) is 13.4. The lowest BCUT2D eigenvalue weighted by molar-refractivity contribution is -0.385. The van der Waals surface area contributed by atoms with Crippen molar-refractivity contribution in [3.8, 4) is 0 Å². The monoisotopic (exact) mass is 233 g/mol. The van der Waals surface area contributed by atoms with Crippen molar-refractivity contribution >= 4 is 5.69 Å². The molecule has 0 saturated heterocycles. The van der Waals surface area contributed by atoms with E-state index in [0.717, 1.165) is 11.1 Å². The van der Waals surface area contributed by atoms with Gasteiger partial charge in [-0.25, -0.2) is 0 Å². The van der Waals surface area contributed by atoms with Crippen LogP contribution in [0.25, 0.3) is 0 Å². The highest BCUT2D eigenvalue weighted by Crippen LogP contribution is 2.30. The highest BCUT2D eigenvalue weighted by atomic mass is 16.6. The van der Waals surface area contributed by atoms with E-state index in [9.17, 15) is 10.1 Å². The molecule has 0 saturated carbocycles. The summed E-state index contributed by atoms with van der Waals surface area (Å²) in [5, 5.41) is 10.9. The zero-order chi connectivity index (χ0) is 13.2. The minimum Gasteiger partial charge on any atom is -0.258 e. The molecule has 0 N–H and O–H groups in total. The molecule has 0 fully saturated rings. The van der Waals surface area contributed by atoms with Crippen molar-refractivity contribution in [1.29, 1.82) is 0 Å². The van der Waals surface area contributed by atoms with Gasteiger partial charge in [-0.1, -0.05) is 39.8 Å². The van der Waals surface area contributed by atoms with Crippen molar-refractivity contribution < 1.29 is 4.92 Å². The number of hydrogen-bond acceptors (Lipinski definition) is 2. The molecular formula is C14H19NO2. The van der Waals surface area contributed by atoms with E-state index in [2.05, 4.69) is 27.4 Å². The molecule has 0 aliphatic carbocycles. The number of non-ortho nitro benzene ring substituents is 1. The van der Waals surface area contributed by atoms with Crippen molar-refractivity contribution in [2.24, 2.45) is 0 Å². The van der Waals surface area contributed by atoms with Crippen molar-refractivity contribution in [2.45, 2.75) is 39.0 Å². The van der Waals surface area contributed by atoms with Crippen LogP contribution in [0, 0.1) is 10.1 Å².